The van der Waals surface area contributed by atoms with E-state index in [1.54, 1.807) is 0 Å². The summed E-state index contributed by atoms with van der Waals surface area (Å²) in [4.78, 5) is 2.50. The average molecular weight is 281 g/mol. The van der Waals surface area contributed by atoms with Crippen LogP contribution in [0.2, 0.25) is 5.02 Å². The SMILES string of the molecule is CCC(N)Cc1c(Cl)cccc1N1CCCCCC1. The van der Waals surface area contributed by atoms with E-state index in [9.17, 15) is 0 Å². The minimum absolute atomic E-state index is 0.200. The fourth-order valence-electron chi connectivity index (χ4n) is 2.76. The first-order valence-electron chi connectivity index (χ1n) is 7.50. The molecule has 0 aliphatic carbocycles. The summed E-state index contributed by atoms with van der Waals surface area (Å²) >= 11 is 6.41. The Hall–Kier alpha value is -0.730. The molecule has 1 fully saturated rings. The molecule has 0 amide bonds. The number of hydrogen-bond donors (Lipinski definition) is 1. The summed E-state index contributed by atoms with van der Waals surface area (Å²) in [5.41, 5.74) is 8.67. The number of benzene rings is 1. The van der Waals surface area contributed by atoms with Crippen LogP contribution < -0.4 is 10.6 Å². The second-order valence-electron chi connectivity index (χ2n) is 5.51. The molecule has 0 saturated carbocycles. The Kier molecular flexibility index (Phi) is 5.53. The van der Waals surface area contributed by atoms with Crippen LogP contribution in [-0.2, 0) is 6.42 Å². The van der Waals surface area contributed by atoms with E-state index in [4.69, 9.17) is 17.3 Å². The summed E-state index contributed by atoms with van der Waals surface area (Å²) in [7, 11) is 0. The molecule has 2 N–H and O–H groups in total. The normalized spacial score (nSPS) is 18.2. The lowest BCUT2D eigenvalue weighted by Crippen LogP contribution is -2.27. The standard InChI is InChI=1S/C16H25ClN2/c1-2-13(18)12-14-15(17)8-7-9-16(14)19-10-5-3-4-6-11-19/h7-9,13H,2-6,10-12,18H2,1H3. The lowest BCUT2D eigenvalue weighted by atomic mass is 10.0. The van der Waals surface area contributed by atoms with Crippen LogP contribution in [0.15, 0.2) is 18.2 Å². The van der Waals surface area contributed by atoms with Gasteiger partial charge in [0.1, 0.15) is 0 Å². The lowest BCUT2D eigenvalue weighted by molar-refractivity contribution is 0.644. The molecule has 1 aliphatic rings. The Morgan fingerprint density at radius 2 is 1.89 bits per heavy atom. The van der Waals surface area contributed by atoms with Crippen LogP contribution in [0, 0.1) is 0 Å². The highest BCUT2D eigenvalue weighted by Gasteiger charge is 2.16. The van der Waals surface area contributed by atoms with Gasteiger partial charge in [-0.1, -0.05) is 37.4 Å². The van der Waals surface area contributed by atoms with Gasteiger partial charge in [-0.05, 0) is 43.4 Å². The van der Waals surface area contributed by atoms with Gasteiger partial charge >= 0.3 is 0 Å². The second-order valence-corrected chi connectivity index (χ2v) is 5.92. The van der Waals surface area contributed by atoms with Crippen molar-refractivity contribution in [2.75, 3.05) is 18.0 Å². The summed E-state index contributed by atoms with van der Waals surface area (Å²) in [6.07, 6.45) is 7.13. The largest absolute Gasteiger partial charge is 0.371 e. The Morgan fingerprint density at radius 1 is 1.21 bits per heavy atom. The molecule has 0 aromatic heterocycles. The molecule has 2 rings (SSSR count). The van der Waals surface area contributed by atoms with E-state index >= 15 is 0 Å². The maximum absolute atomic E-state index is 6.41. The van der Waals surface area contributed by atoms with Crippen LogP contribution in [0.5, 0.6) is 0 Å². The molecule has 106 valence electrons. The molecule has 1 heterocycles. The summed E-state index contributed by atoms with van der Waals surface area (Å²) in [5.74, 6) is 0. The van der Waals surface area contributed by atoms with Gasteiger partial charge in [-0.15, -0.1) is 0 Å². The maximum atomic E-state index is 6.41. The summed E-state index contributed by atoms with van der Waals surface area (Å²) in [5, 5.41) is 0.866. The van der Waals surface area contributed by atoms with Crippen molar-refractivity contribution in [1.29, 1.82) is 0 Å². The Balaban J connectivity index is 2.24. The number of nitrogens with zero attached hydrogens (tertiary/aromatic N) is 1. The minimum atomic E-state index is 0.200. The molecule has 0 radical (unpaired) electrons. The fraction of sp³-hybridized carbons (Fsp3) is 0.625. The van der Waals surface area contributed by atoms with Crippen LogP contribution in [0.3, 0.4) is 0 Å². The van der Waals surface area contributed by atoms with Crippen molar-refractivity contribution >= 4 is 17.3 Å². The van der Waals surface area contributed by atoms with Gasteiger partial charge in [-0.25, -0.2) is 0 Å². The molecule has 1 aromatic rings. The topological polar surface area (TPSA) is 29.3 Å². The third-order valence-electron chi connectivity index (χ3n) is 4.03. The minimum Gasteiger partial charge on any atom is -0.371 e. The molecular formula is C16H25ClN2. The fourth-order valence-corrected chi connectivity index (χ4v) is 3.01. The molecule has 3 heteroatoms. The van der Waals surface area contributed by atoms with Crippen LogP contribution >= 0.6 is 11.6 Å². The Morgan fingerprint density at radius 3 is 2.53 bits per heavy atom. The molecule has 0 spiro atoms. The number of hydrogen-bond acceptors (Lipinski definition) is 2. The first kappa shape index (κ1) is 14.7. The zero-order chi connectivity index (χ0) is 13.7. The van der Waals surface area contributed by atoms with Gasteiger partial charge in [0, 0.05) is 29.8 Å². The number of rotatable bonds is 4. The zero-order valence-electron chi connectivity index (χ0n) is 11.9. The van der Waals surface area contributed by atoms with Gasteiger partial charge < -0.3 is 10.6 Å². The van der Waals surface area contributed by atoms with Gasteiger partial charge in [0.15, 0.2) is 0 Å². The molecule has 1 unspecified atom stereocenters. The molecule has 1 aromatic carbocycles. The highest BCUT2D eigenvalue weighted by molar-refractivity contribution is 6.31. The number of nitrogens with two attached hydrogens (primary N) is 1. The predicted octanol–water partition coefficient (Wildman–Crippen LogP) is 4.00. The van der Waals surface area contributed by atoms with Crippen LogP contribution in [0.25, 0.3) is 0 Å². The van der Waals surface area contributed by atoms with Crippen molar-refractivity contribution in [3.05, 3.63) is 28.8 Å². The molecule has 1 atom stereocenters. The second kappa shape index (κ2) is 7.16. The Bertz CT molecular complexity index is 398. The number of anilines is 1. The van der Waals surface area contributed by atoms with E-state index in [1.165, 1.54) is 36.9 Å². The van der Waals surface area contributed by atoms with Gasteiger partial charge in [0.2, 0.25) is 0 Å². The summed E-state index contributed by atoms with van der Waals surface area (Å²) in [6, 6.07) is 6.45. The highest BCUT2D eigenvalue weighted by atomic mass is 35.5. The molecule has 19 heavy (non-hydrogen) atoms. The van der Waals surface area contributed by atoms with E-state index in [2.05, 4.69) is 24.0 Å². The molecule has 1 saturated heterocycles. The van der Waals surface area contributed by atoms with Crippen molar-refractivity contribution in [3.8, 4) is 0 Å². The summed E-state index contributed by atoms with van der Waals surface area (Å²) < 4.78 is 0. The van der Waals surface area contributed by atoms with Crippen molar-refractivity contribution in [3.63, 3.8) is 0 Å². The highest BCUT2D eigenvalue weighted by Crippen LogP contribution is 2.30. The molecule has 0 bridgehead atoms. The number of halogens is 1. The van der Waals surface area contributed by atoms with Gasteiger partial charge in [-0.3, -0.25) is 0 Å². The van der Waals surface area contributed by atoms with Crippen LogP contribution in [0.4, 0.5) is 5.69 Å². The van der Waals surface area contributed by atoms with Gasteiger partial charge in [0.05, 0.1) is 0 Å². The van der Waals surface area contributed by atoms with E-state index in [-0.39, 0.29) is 6.04 Å². The van der Waals surface area contributed by atoms with Gasteiger partial charge in [-0.2, -0.15) is 0 Å². The van der Waals surface area contributed by atoms with Crippen molar-refractivity contribution < 1.29 is 0 Å². The van der Waals surface area contributed by atoms with E-state index < -0.39 is 0 Å². The molecule has 1 aliphatic heterocycles. The summed E-state index contributed by atoms with van der Waals surface area (Å²) in [6.45, 7) is 4.43. The average Bonchev–Trinajstić information content (AvgIpc) is 2.69. The van der Waals surface area contributed by atoms with Crippen LogP contribution in [-0.4, -0.2) is 19.1 Å². The van der Waals surface area contributed by atoms with Crippen molar-refractivity contribution in [2.24, 2.45) is 5.73 Å². The maximum Gasteiger partial charge on any atom is 0.0459 e. The zero-order valence-corrected chi connectivity index (χ0v) is 12.6. The molecular weight excluding hydrogens is 256 g/mol. The van der Waals surface area contributed by atoms with Crippen molar-refractivity contribution in [1.82, 2.24) is 0 Å². The quantitative estimate of drug-likeness (QED) is 0.903. The first-order valence-corrected chi connectivity index (χ1v) is 7.88. The van der Waals surface area contributed by atoms with E-state index in [0.717, 1.165) is 31.0 Å². The van der Waals surface area contributed by atoms with E-state index in [0.29, 0.717) is 0 Å². The monoisotopic (exact) mass is 280 g/mol. The lowest BCUT2D eigenvalue weighted by Gasteiger charge is -2.27. The first-order chi connectivity index (χ1) is 9.22. The van der Waals surface area contributed by atoms with Crippen molar-refractivity contribution in [2.45, 2.75) is 51.5 Å². The Labute approximate surface area is 121 Å². The predicted molar refractivity (Wildman–Crippen MR) is 84.1 cm³/mol. The third kappa shape index (κ3) is 3.87. The third-order valence-corrected chi connectivity index (χ3v) is 4.39. The van der Waals surface area contributed by atoms with Gasteiger partial charge in [0.25, 0.3) is 0 Å². The van der Waals surface area contributed by atoms with E-state index in [1.807, 2.05) is 6.07 Å². The van der Waals surface area contributed by atoms with Crippen LogP contribution in [0.1, 0.15) is 44.6 Å². The molecule has 2 nitrogen and oxygen atoms in total. The smallest absolute Gasteiger partial charge is 0.0459 e.